The minimum atomic E-state index is 0.690. The molecular weight excluding hydrogens is 232 g/mol. The summed E-state index contributed by atoms with van der Waals surface area (Å²) in [6.45, 7) is 0. The molecule has 0 saturated heterocycles. The number of hydrogen-bond donors (Lipinski definition) is 0. The van der Waals surface area contributed by atoms with Crippen molar-refractivity contribution in [1.29, 1.82) is 0 Å². The number of ether oxygens (including phenoxy) is 2. The van der Waals surface area contributed by atoms with E-state index in [2.05, 4.69) is 26.7 Å². The van der Waals surface area contributed by atoms with Gasteiger partial charge in [0, 0.05) is 21.5 Å². The van der Waals surface area contributed by atoms with Gasteiger partial charge < -0.3 is 9.47 Å². The van der Waals surface area contributed by atoms with Crippen LogP contribution >= 0.6 is 15.9 Å². The topological polar surface area (TPSA) is 18.5 Å². The molecule has 1 rings (SSSR count). The van der Waals surface area contributed by atoms with Gasteiger partial charge in [0.15, 0.2) is 11.5 Å². The normalized spacial score (nSPS) is 8.54. The molecule has 0 heterocycles. The quantitative estimate of drug-likeness (QED) is 0.740. The van der Waals surface area contributed by atoms with Crippen molar-refractivity contribution in [2.75, 3.05) is 14.2 Å². The van der Waals surface area contributed by atoms with E-state index in [-0.39, 0.29) is 0 Å². The summed E-state index contributed by atoms with van der Waals surface area (Å²) in [6.07, 6.45) is 0. The fraction of sp³-hybridized carbons (Fsp3) is 0.200. The second kappa shape index (κ2) is 4.78. The Kier molecular flexibility index (Phi) is 3.66. The van der Waals surface area contributed by atoms with Crippen molar-refractivity contribution >= 4 is 15.9 Å². The number of hydrogen-bond acceptors (Lipinski definition) is 2. The molecule has 0 radical (unpaired) electrons. The van der Waals surface area contributed by atoms with E-state index >= 15 is 0 Å². The summed E-state index contributed by atoms with van der Waals surface area (Å²) in [7, 11) is 3.21. The molecule has 68 valence electrons. The van der Waals surface area contributed by atoms with Crippen LogP contribution in [0.2, 0.25) is 0 Å². The zero-order valence-corrected chi connectivity index (χ0v) is 9.01. The molecule has 3 heteroatoms. The fourth-order valence-corrected chi connectivity index (χ4v) is 1.20. The maximum absolute atomic E-state index is 5.12. The van der Waals surface area contributed by atoms with E-state index in [0.29, 0.717) is 11.5 Å². The average Bonchev–Trinajstić information content (AvgIpc) is 2.18. The molecule has 0 fully saturated rings. The van der Waals surface area contributed by atoms with E-state index < -0.39 is 0 Å². The highest BCUT2D eigenvalue weighted by Gasteiger charge is 2.02. The highest BCUT2D eigenvalue weighted by molar-refractivity contribution is 9.12. The molecule has 1 aromatic rings. The maximum Gasteiger partial charge on any atom is 0.161 e. The number of rotatable bonds is 2. The molecule has 0 atom stereocenters. The average molecular weight is 241 g/mol. The van der Waals surface area contributed by atoms with E-state index in [4.69, 9.17) is 9.47 Å². The molecule has 0 aliphatic heterocycles. The first-order valence-electron chi connectivity index (χ1n) is 3.65. The maximum atomic E-state index is 5.12. The zero-order valence-electron chi connectivity index (χ0n) is 7.43. The Balaban J connectivity index is 3.10. The predicted octanol–water partition coefficient (Wildman–Crippen LogP) is 2.41. The van der Waals surface area contributed by atoms with Crippen molar-refractivity contribution in [2.24, 2.45) is 0 Å². The van der Waals surface area contributed by atoms with Gasteiger partial charge in [0.1, 0.15) is 0 Å². The van der Waals surface area contributed by atoms with Crippen molar-refractivity contribution in [3.05, 3.63) is 23.8 Å². The van der Waals surface area contributed by atoms with Gasteiger partial charge in [-0.15, -0.1) is 0 Å². The van der Waals surface area contributed by atoms with Crippen LogP contribution in [0.5, 0.6) is 11.5 Å². The molecule has 0 bridgehead atoms. The van der Waals surface area contributed by atoms with Gasteiger partial charge >= 0.3 is 0 Å². The Labute approximate surface area is 86.0 Å². The SMILES string of the molecule is COc1ccc(C#CBr)cc1OC. The Morgan fingerprint density at radius 3 is 2.38 bits per heavy atom. The lowest BCUT2D eigenvalue weighted by molar-refractivity contribution is 0.355. The van der Waals surface area contributed by atoms with Gasteiger partial charge in [-0.05, 0) is 23.0 Å². The number of benzene rings is 1. The predicted molar refractivity (Wildman–Crippen MR) is 55.4 cm³/mol. The molecule has 0 aromatic heterocycles. The summed E-state index contributed by atoms with van der Waals surface area (Å²) in [4.78, 5) is 2.64. The Morgan fingerprint density at radius 1 is 1.15 bits per heavy atom. The molecule has 0 unspecified atom stereocenters. The second-order valence-electron chi connectivity index (χ2n) is 2.29. The molecule has 0 spiro atoms. The van der Waals surface area contributed by atoms with Gasteiger partial charge in [-0.3, -0.25) is 0 Å². The minimum absolute atomic E-state index is 0.690. The van der Waals surface area contributed by atoms with E-state index in [9.17, 15) is 0 Å². The number of halogens is 1. The van der Waals surface area contributed by atoms with E-state index in [1.54, 1.807) is 14.2 Å². The van der Waals surface area contributed by atoms with E-state index in [0.717, 1.165) is 5.56 Å². The molecular formula is C10H9BrO2. The Bertz CT molecular complexity index is 350. The standard InChI is InChI=1S/C10H9BrO2/c1-12-9-4-3-8(5-6-11)7-10(9)13-2/h3-4,7H,1-2H3. The lowest BCUT2D eigenvalue weighted by Crippen LogP contribution is -1.90. The summed E-state index contributed by atoms with van der Waals surface area (Å²) in [5.74, 6) is 4.27. The monoisotopic (exact) mass is 240 g/mol. The third-order valence-electron chi connectivity index (χ3n) is 1.58. The van der Waals surface area contributed by atoms with Crippen LogP contribution in [0.1, 0.15) is 5.56 Å². The minimum Gasteiger partial charge on any atom is -0.493 e. The van der Waals surface area contributed by atoms with Crippen molar-refractivity contribution in [2.45, 2.75) is 0 Å². The van der Waals surface area contributed by atoms with Gasteiger partial charge in [-0.25, -0.2) is 0 Å². The lowest BCUT2D eigenvalue weighted by Gasteiger charge is -2.06. The van der Waals surface area contributed by atoms with Crippen LogP contribution in [0.25, 0.3) is 0 Å². The first kappa shape index (κ1) is 9.94. The molecule has 1 aromatic carbocycles. The smallest absolute Gasteiger partial charge is 0.161 e. The van der Waals surface area contributed by atoms with Gasteiger partial charge in [0.2, 0.25) is 0 Å². The summed E-state index contributed by atoms with van der Waals surface area (Å²) >= 11 is 3.03. The molecule has 13 heavy (non-hydrogen) atoms. The molecule has 0 aliphatic rings. The van der Waals surface area contributed by atoms with E-state index in [1.807, 2.05) is 18.2 Å². The van der Waals surface area contributed by atoms with Crippen molar-refractivity contribution in [3.63, 3.8) is 0 Å². The first-order valence-corrected chi connectivity index (χ1v) is 4.44. The molecule has 2 nitrogen and oxygen atoms in total. The Morgan fingerprint density at radius 2 is 1.85 bits per heavy atom. The van der Waals surface area contributed by atoms with Gasteiger partial charge in [-0.2, -0.15) is 0 Å². The van der Waals surface area contributed by atoms with Crippen LogP contribution in [0.3, 0.4) is 0 Å². The van der Waals surface area contributed by atoms with Crippen LogP contribution in [0, 0.1) is 10.8 Å². The number of methoxy groups -OCH3 is 2. The van der Waals surface area contributed by atoms with Crippen LogP contribution in [0.15, 0.2) is 18.2 Å². The first-order chi connectivity index (χ1) is 6.31. The fourth-order valence-electron chi connectivity index (χ4n) is 0.969. The highest BCUT2D eigenvalue weighted by atomic mass is 79.9. The third-order valence-corrected chi connectivity index (χ3v) is 1.77. The van der Waals surface area contributed by atoms with Gasteiger partial charge in [0.05, 0.1) is 14.2 Å². The molecule has 0 saturated carbocycles. The summed E-state index contributed by atoms with van der Waals surface area (Å²) in [5.41, 5.74) is 0.884. The molecule has 0 aliphatic carbocycles. The largest absolute Gasteiger partial charge is 0.493 e. The third kappa shape index (κ3) is 2.40. The Hall–Kier alpha value is -1.14. The van der Waals surface area contributed by atoms with E-state index in [1.165, 1.54) is 0 Å². The molecule has 0 amide bonds. The van der Waals surface area contributed by atoms with Crippen LogP contribution in [-0.2, 0) is 0 Å². The van der Waals surface area contributed by atoms with Crippen LogP contribution in [0.4, 0.5) is 0 Å². The summed E-state index contributed by atoms with van der Waals surface area (Å²) < 4.78 is 10.2. The van der Waals surface area contributed by atoms with Gasteiger partial charge in [0.25, 0.3) is 0 Å². The van der Waals surface area contributed by atoms with Crippen LogP contribution < -0.4 is 9.47 Å². The summed E-state index contributed by atoms with van der Waals surface area (Å²) in [5, 5.41) is 0. The van der Waals surface area contributed by atoms with Crippen molar-refractivity contribution in [3.8, 4) is 22.2 Å². The zero-order chi connectivity index (χ0) is 9.68. The molecule has 0 N–H and O–H groups in total. The van der Waals surface area contributed by atoms with Crippen LogP contribution in [-0.4, -0.2) is 14.2 Å². The van der Waals surface area contributed by atoms with Gasteiger partial charge in [-0.1, -0.05) is 5.92 Å². The second-order valence-corrected chi connectivity index (χ2v) is 2.69. The van der Waals surface area contributed by atoms with Crippen molar-refractivity contribution in [1.82, 2.24) is 0 Å². The lowest BCUT2D eigenvalue weighted by atomic mass is 10.2. The highest BCUT2D eigenvalue weighted by Crippen LogP contribution is 2.27. The van der Waals surface area contributed by atoms with Crippen molar-refractivity contribution < 1.29 is 9.47 Å². The summed E-state index contributed by atoms with van der Waals surface area (Å²) in [6, 6.07) is 5.52.